The third-order valence-electron chi connectivity index (χ3n) is 3.44. The van der Waals surface area contributed by atoms with E-state index >= 15 is 0 Å². The van der Waals surface area contributed by atoms with Gasteiger partial charge in [0.1, 0.15) is 0 Å². The van der Waals surface area contributed by atoms with Crippen molar-refractivity contribution >= 4 is 5.69 Å². The number of rotatable bonds is 2. The monoisotopic (exact) mass is 205 g/mol. The van der Waals surface area contributed by atoms with Gasteiger partial charge in [0, 0.05) is 0 Å². The standard InChI is InChI=1S/C13H19NO/c1-13(10-6-3-7-11-13)14(15)12-8-4-2-5-9-12/h2,4-5,8-9,15H,3,6-7,10-11H2,1H3. The van der Waals surface area contributed by atoms with Crippen LogP contribution in [0.3, 0.4) is 0 Å². The zero-order chi connectivity index (χ0) is 10.7. The molecule has 0 unspecified atom stereocenters. The number of hydroxylamine groups is 1. The van der Waals surface area contributed by atoms with Crippen molar-refractivity contribution in [2.75, 3.05) is 5.06 Å². The molecule has 0 aliphatic heterocycles. The smallest absolute Gasteiger partial charge is 0.0643 e. The van der Waals surface area contributed by atoms with Crippen molar-refractivity contribution in [3.63, 3.8) is 0 Å². The lowest BCUT2D eigenvalue weighted by molar-refractivity contribution is 0.127. The van der Waals surface area contributed by atoms with Crippen LogP contribution >= 0.6 is 0 Å². The summed E-state index contributed by atoms with van der Waals surface area (Å²) in [5, 5.41) is 11.7. The molecular formula is C13H19NO. The summed E-state index contributed by atoms with van der Waals surface area (Å²) in [7, 11) is 0. The van der Waals surface area contributed by atoms with Gasteiger partial charge in [0.25, 0.3) is 0 Å². The number of anilines is 1. The summed E-state index contributed by atoms with van der Waals surface area (Å²) in [6.45, 7) is 2.15. The van der Waals surface area contributed by atoms with Crippen molar-refractivity contribution in [3.05, 3.63) is 30.3 Å². The summed E-state index contributed by atoms with van der Waals surface area (Å²) in [4.78, 5) is 0. The topological polar surface area (TPSA) is 23.5 Å². The van der Waals surface area contributed by atoms with Gasteiger partial charge in [-0.15, -0.1) is 0 Å². The molecule has 82 valence electrons. The highest BCUT2D eigenvalue weighted by molar-refractivity contribution is 5.45. The van der Waals surface area contributed by atoms with E-state index in [1.807, 2.05) is 30.3 Å². The number of hydrogen-bond donors (Lipinski definition) is 1. The molecule has 0 bridgehead atoms. The van der Waals surface area contributed by atoms with Crippen molar-refractivity contribution in [1.29, 1.82) is 0 Å². The molecule has 1 aromatic rings. The van der Waals surface area contributed by atoms with Crippen LogP contribution in [0.5, 0.6) is 0 Å². The molecule has 0 aromatic heterocycles. The van der Waals surface area contributed by atoms with Crippen molar-refractivity contribution in [2.24, 2.45) is 0 Å². The molecule has 2 nitrogen and oxygen atoms in total. The van der Waals surface area contributed by atoms with E-state index in [1.54, 1.807) is 0 Å². The normalized spacial score (nSPS) is 19.9. The molecule has 2 heteroatoms. The van der Waals surface area contributed by atoms with Crippen LogP contribution in [-0.2, 0) is 0 Å². The first kappa shape index (κ1) is 10.5. The fourth-order valence-corrected chi connectivity index (χ4v) is 2.41. The predicted molar refractivity (Wildman–Crippen MR) is 62.2 cm³/mol. The first-order chi connectivity index (χ1) is 7.22. The van der Waals surface area contributed by atoms with Gasteiger partial charge in [0.05, 0.1) is 11.2 Å². The Bertz CT molecular complexity index is 304. The van der Waals surface area contributed by atoms with Crippen LogP contribution in [0.25, 0.3) is 0 Å². The quantitative estimate of drug-likeness (QED) is 0.746. The summed E-state index contributed by atoms with van der Waals surface area (Å²) in [5.74, 6) is 0. The van der Waals surface area contributed by atoms with Gasteiger partial charge < -0.3 is 0 Å². The summed E-state index contributed by atoms with van der Waals surface area (Å²) < 4.78 is 0. The van der Waals surface area contributed by atoms with Crippen LogP contribution in [-0.4, -0.2) is 10.7 Å². The SMILES string of the molecule is CC1(N(O)c2ccccc2)CCCCC1. The molecule has 1 saturated carbocycles. The summed E-state index contributed by atoms with van der Waals surface area (Å²) in [5.41, 5.74) is 0.835. The van der Waals surface area contributed by atoms with Crippen LogP contribution in [0, 0.1) is 0 Å². The zero-order valence-electron chi connectivity index (χ0n) is 9.32. The third-order valence-corrected chi connectivity index (χ3v) is 3.44. The van der Waals surface area contributed by atoms with Crippen molar-refractivity contribution in [2.45, 2.75) is 44.6 Å². The predicted octanol–water partition coefficient (Wildman–Crippen LogP) is 3.61. The number of hydrogen-bond acceptors (Lipinski definition) is 2. The van der Waals surface area contributed by atoms with Crippen LogP contribution < -0.4 is 5.06 Å². The fourth-order valence-electron chi connectivity index (χ4n) is 2.41. The minimum Gasteiger partial charge on any atom is -0.288 e. The number of nitrogens with zero attached hydrogens (tertiary/aromatic N) is 1. The van der Waals surface area contributed by atoms with Gasteiger partial charge in [-0.25, -0.2) is 0 Å². The maximum absolute atomic E-state index is 10.2. The average Bonchev–Trinajstić information content (AvgIpc) is 2.30. The molecule has 15 heavy (non-hydrogen) atoms. The van der Waals surface area contributed by atoms with E-state index in [-0.39, 0.29) is 5.54 Å². The van der Waals surface area contributed by atoms with Gasteiger partial charge in [0.2, 0.25) is 0 Å². The van der Waals surface area contributed by atoms with Gasteiger partial charge in [-0.1, -0.05) is 37.5 Å². The van der Waals surface area contributed by atoms with Crippen LogP contribution in [0.2, 0.25) is 0 Å². The molecule has 1 N–H and O–H groups in total. The van der Waals surface area contributed by atoms with Crippen LogP contribution in [0.4, 0.5) is 5.69 Å². The number of para-hydroxylation sites is 1. The molecule has 1 aliphatic carbocycles. The molecule has 0 saturated heterocycles. The van der Waals surface area contributed by atoms with Crippen molar-refractivity contribution in [1.82, 2.24) is 0 Å². The molecule has 1 fully saturated rings. The Morgan fingerprint density at radius 3 is 2.27 bits per heavy atom. The Morgan fingerprint density at radius 1 is 1.07 bits per heavy atom. The maximum Gasteiger partial charge on any atom is 0.0643 e. The molecule has 0 atom stereocenters. The van der Waals surface area contributed by atoms with E-state index < -0.39 is 0 Å². The second kappa shape index (κ2) is 4.23. The Hall–Kier alpha value is -1.02. The van der Waals surface area contributed by atoms with Gasteiger partial charge >= 0.3 is 0 Å². The Labute approximate surface area is 91.5 Å². The average molecular weight is 205 g/mol. The second-order valence-corrected chi connectivity index (χ2v) is 4.70. The lowest BCUT2D eigenvalue weighted by atomic mass is 9.83. The summed E-state index contributed by atoms with van der Waals surface area (Å²) in [6, 6.07) is 9.82. The van der Waals surface area contributed by atoms with E-state index in [4.69, 9.17) is 0 Å². The van der Waals surface area contributed by atoms with Crippen molar-refractivity contribution in [3.8, 4) is 0 Å². The van der Waals surface area contributed by atoms with Crippen LogP contribution in [0.1, 0.15) is 39.0 Å². The van der Waals surface area contributed by atoms with E-state index in [0.29, 0.717) is 0 Å². The molecular weight excluding hydrogens is 186 g/mol. The highest BCUT2D eigenvalue weighted by Gasteiger charge is 2.32. The third kappa shape index (κ3) is 2.15. The lowest BCUT2D eigenvalue weighted by Gasteiger charge is -2.41. The lowest BCUT2D eigenvalue weighted by Crippen LogP contribution is -2.45. The molecule has 0 spiro atoms. The Balaban J connectivity index is 2.16. The molecule has 0 radical (unpaired) electrons. The summed E-state index contributed by atoms with van der Waals surface area (Å²) >= 11 is 0. The molecule has 0 heterocycles. The van der Waals surface area contributed by atoms with Gasteiger partial charge in [-0.2, -0.15) is 0 Å². The van der Waals surface area contributed by atoms with E-state index in [2.05, 4.69) is 6.92 Å². The first-order valence-corrected chi connectivity index (χ1v) is 5.77. The highest BCUT2D eigenvalue weighted by Crippen LogP contribution is 2.34. The first-order valence-electron chi connectivity index (χ1n) is 5.77. The number of benzene rings is 1. The van der Waals surface area contributed by atoms with Gasteiger partial charge in [-0.05, 0) is 31.9 Å². The molecule has 0 amide bonds. The van der Waals surface area contributed by atoms with Gasteiger partial charge in [0.15, 0.2) is 0 Å². The minimum absolute atomic E-state index is 0.0698. The highest BCUT2D eigenvalue weighted by atomic mass is 16.5. The maximum atomic E-state index is 10.2. The van der Waals surface area contributed by atoms with E-state index in [0.717, 1.165) is 18.5 Å². The molecule has 2 rings (SSSR count). The molecule has 1 aromatic carbocycles. The molecule has 1 aliphatic rings. The van der Waals surface area contributed by atoms with E-state index in [9.17, 15) is 5.21 Å². The fraction of sp³-hybridized carbons (Fsp3) is 0.538. The largest absolute Gasteiger partial charge is 0.288 e. The Morgan fingerprint density at radius 2 is 1.67 bits per heavy atom. The minimum atomic E-state index is -0.0698. The van der Waals surface area contributed by atoms with E-state index in [1.165, 1.54) is 24.3 Å². The van der Waals surface area contributed by atoms with Gasteiger partial charge in [-0.3, -0.25) is 10.3 Å². The second-order valence-electron chi connectivity index (χ2n) is 4.70. The summed E-state index contributed by atoms with van der Waals surface area (Å²) in [6.07, 6.45) is 5.91. The zero-order valence-corrected chi connectivity index (χ0v) is 9.32. The Kier molecular flexibility index (Phi) is 2.96. The van der Waals surface area contributed by atoms with Crippen LogP contribution in [0.15, 0.2) is 30.3 Å². The van der Waals surface area contributed by atoms with Crippen molar-refractivity contribution < 1.29 is 5.21 Å².